The fraction of sp³-hybridized carbons (Fsp3) is 0. The maximum Gasteiger partial charge on any atom is 0.165 e. The molecule has 0 fully saturated rings. The van der Waals surface area contributed by atoms with Gasteiger partial charge in [-0.15, -0.1) is 11.3 Å². The third kappa shape index (κ3) is 4.87. The quantitative estimate of drug-likeness (QED) is 0.185. The van der Waals surface area contributed by atoms with E-state index in [2.05, 4.69) is 146 Å². The lowest BCUT2D eigenvalue weighted by Gasteiger charge is -2.11. The molecule has 0 spiro atoms. The maximum absolute atomic E-state index is 6.10. The zero-order chi connectivity index (χ0) is 33.0. The number of fused-ring (bicyclic) bond motifs is 6. The Hall–Kier alpha value is -6.43. The molecule has 3 heterocycles. The highest BCUT2D eigenvalue weighted by atomic mass is 32.1. The summed E-state index contributed by atoms with van der Waals surface area (Å²) in [4.78, 5) is 15.4. The third-order valence-corrected chi connectivity index (χ3v) is 10.6. The van der Waals surface area contributed by atoms with Crippen LogP contribution < -0.4 is 0 Å². The molecule has 3 aromatic heterocycles. The van der Waals surface area contributed by atoms with Crippen molar-refractivity contribution >= 4 is 53.4 Å². The normalized spacial score (nSPS) is 11.6. The van der Waals surface area contributed by atoms with Gasteiger partial charge in [0.1, 0.15) is 11.2 Å². The standard InChI is InChI=1S/C45H27N3OS/c1-2-10-28(11-3-1)29-20-22-30(23-21-29)43-46-44(48-45(47-43)37-17-9-16-36-35-15-5-7-19-41(35)50-42(36)37)33-13-8-12-31(26-33)32-24-25-40-38(27-32)34-14-4-6-18-39(34)49-40/h1-27H. The molecule has 0 aliphatic carbocycles. The van der Waals surface area contributed by atoms with Gasteiger partial charge in [-0.3, -0.25) is 0 Å². The predicted octanol–water partition coefficient (Wildman–Crippen LogP) is 12.5. The zero-order valence-electron chi connectivity index (χ0n) is 26.7. The minimum atomic E-state index is 0.631. The lowest BCUT2D eigenvalue weighted by molar-refractivity contribution is 0.669. The SMILES string of the molecule is c1ccc(-c2ccc(-c3nc(-c4cccc(-c5ccc6oc7ccccc7c6c5)c4)nc(-c4cccc5c4sc4ccccc45)n3)cc2)cc1. The van der Waals surface area contributed by atoms with Gasteiger partial charge < -0.3 is 4.42 Å². The van der Waals surface area contributed by atoms with Gasteiger partial charge in [-0.25, -0.2) is 15.0 Å². The lowest BCUT2D eigenvalue weighted by Crippen LogP contribution is -2.00. The van der Waals surface area contributed by atoms with Gasteiger partial charge in [0.05, 0.1) is 0 Å². The first-order chi connectivity index (χ1) is 24.7. The monoisotopic (exact) mass is 657 g/mol. The Morgan fingerprint density at radius 3 is 1.82 bits per heavy atom. The molecule has 0 unspecified atom stereocenters. The minimum absolute atomic E-state index is 0.631. The van der Waals surface area contributed by atoms with Gasteiger partial charge in [-0.2, -0.15) is 0 Å². The summed E-state index contributed by atoms with van der Waals surface area (Å²) in [5.41, 5.74) is 9.14. The first kappa shape index (κ1) is 28.6. The summed E-state index contributed by atoms with van der Waals surface area (Å²) in [7, 11) is 0. The molecular formula is C45H27N3OS. The third-order valence-electron chi connectivity index (χ3n) is 9.36. The summed E-state index contributed by atoms with van der Waals surface area (Å²) in [6.45, 7) is 0. The van der Waals surface area contributed by atoms with E-state index >= 15 is 0 Å². The summed E-state index contributed by atoms with van der Waals surface area (Å²) in [6.07, 6.45) is 0. The molecule has 5 heteroatoms. The van der Waals surface area contributed by atoms with Crippen LogP contribution in [0.1, 0.15) is 0 Å². The Bertz CT molecular complexity index is 2870. The average Bonchev–Trinajstić information content (AvgIpc) is 3.76. The summed E-state index contributed by atoms with van der Waals surface area (Å²) in [5, 5.41) is 4.67. The molecular weight excluding hydrogens is 631 g/mol. The highest BCUT2D eigenvalue weighted by Gasteiger charge is 2.17. The van der Waals surface area contributed by atoms with Gasteiger partial charge in [-0.05, 0) is 58.7 Å². The second-order valence-corrected chi connectivity index (χ2v) is 13.5. The number of thiophene rings is 1. The lowest BCUT2D eigenvalue weighted by atomic mass is 10.0. The van der Waals surface area contributed by atoms with E-state index in [-0.39, 0.29) is 0 Å². The molecule has 0 saturated carbocycles. The number of para-hydroxylation sites is 1. The van der Waals surface area contributed by atoms with Crippen molar-refractivity contribution in [1.29, 1.82) is 0 Å². The number of rotatable bonds is 5. The van der Waals surface area contributed by atoms with Crippen molar-refractivity contribution in [2.24, 2.45) is 0 Å². The Labute approximate surface area is 292 Å². The molecule has 0 N–H and O–H groups in total. The number of benzene rings is 7. The van der Waals surface area contributed by atoms with Crippen LogP contribution in [0.3, 0.4) is 0 Å². The summed E-state index contributed by atoms with van der Waals surface area (Å²) < 4.78 is 8.52. The highest BCUT2D eigenvalue weighted by Crippen LogP contribution is 2.40. The average molecular weight is 658 g/mol. The number of hydrogen-bond donors (Lipinski definition) is 0. The highest BCUT2D eigenvalue weighted by molar-refractivity contribution is 7.26. The Morgan fingerprint density at radius 1 is 0.360 bits per heavy atom. The molecule has 234 valence electrons. The Balaban J connectivity index is 1.13. The first-order valence-corrected chi connectivity index (χ1v) is 17.4. The van der Waals surface area contributed by atoms with Crippen LogP contribution in [0, 0.1) is 0 Å². The molecule has 4 nitrogen and oxygen atoms in total. The van der Waals surface area contributed by atoms with E-state index in [0.717, 1.165) is 55.3 Å². The van der Waals surface area contributed by atoms with Crippen molar-refractivity contribution in [2.75, 3.05) is 0 Å². The largest absolute Gasteiger partial charge is 0.456 e. The van der Waals surface area contributed by atoms with E-state index in [1.54, 1.807) is 11.3 Å². The van der Waals surface area contributed by atoms with Gasteiger partial charge in [-0.1, -0.05) is 127 Å². The topological polar surface area (TPSA) is 51.8 Å². The number of hydrogen-bond acceptors (Lipinski definition) is 5. The summed E-state index contributed by atoms with van der Waals surface area (Å²) in [6, 6.07) is 56.9. The molecule has 0 aliphatic rings. The van der Waals surface area contributed by atoms with Crippen LogP contribution in [0.2, 0.25) is 0 Å². The predicted molar refractivity (Wildman–Crippen MR) is 207 cm³/mol. The molecule has 50 heavy (non-hydrogen) atoms. The second-order valence-electron chi connectivity index (χ2n) is 12.4. The van der Waals surface area contributed by atoms with E-state index in [1.165, 1.54) is 25.7 Å². The molecule has 7 aromatic carbocycles. The maximum atomic E-state index is 6.10. The van der Waals surface area contributed by atoms with Crippen LogP contribution in [0.5, 0.6) is 0 Å². The van der Waals surface area contributed by atoms with E-state index < -0.39 is 0 Å². The minimum Gasteiger partial charge on any atom is -0.456 e. The molecule has 0 saturated heterocycles. The van der Waals surface area contributed by atoms with Gasteiger partial charge in [0.15, 0.2) is 17.5 Å². The second kappa shape index (κ2) is 11.6. The van der Waals surface area contributed by atoms with Crippen LogP contribution in [-0.4, -0.2) is 15.0 Å². The Morgan fingerprint density at radius 2 is 0.940 bits per heavy atom. The number of nitrogens with zero attached hydrogens (tertiary/aromatic N) is 3. The van der Waals surface area contributed by atoms with Crippen molar-refractivity contribution in [3.05, 3.63) is 164 Å². The van der Waals surface area contributed by atoms with Crippen molar-refractivity contribution in [3.8, 4) is 56.4 Å². The van der Waals surface area contributed by atoms with Gasteiger partial charge >= 0.3 is 0 Å². The van der Waals surface area contributed by atoms with E-state index in [1.807, 2.05) is 18.2 Å². The van der Waals surface area contributed by atoms with Gasteiger partial charge in [0.25, 0.3) is 0 Å². The number of aromatic nitrogens is 3. The summed E-state index contributed by atoms with van der Waals surface area (Å²) in [5.74, 6) is 1.93. The zero-order valence-corrected chi connectivity index (χ0v) is 27.6. The summed E-state index contributed by atoms with van der Waals surface area (Å²) >= 11 is 1.78. The fourth-order valence-electron chi connectivity index (χ4n) is 6.86. The van der Waals surface area contributed by atoms with Crippen LogP contribution in [-0.2, 0) is 0 Å². The van der Waals surface area contributed by atoms with Crippen molar-refractivity contribution in [1.82, 2.24) is 15.0 Å². The van der Waals surface area contributed by atoms with Gasteiger partial charge in [0.2, 0.25) is 0 Å². The van der Waals surface area contributed by atoms with Crippen LogP contribution in [0.25, 0.3) is 98.5 Å². The van der Waals surface area contributed by atoms with E-state index in [9.17, 15) is 0 Å². The van der Waals surface area contributed by atoms with Gasteiger partial charge in [0, 0.05) is 47.6 Å². The molecule has 10 rings (SSSR count). The van der Waals surface area contributed by atoms with Crippen molar-refractivity contribution in [3.63, 3.8) is 0 Å². The first-order valence-electron chi connectivity index (χ1n) is 16.6. The van der Waals surface area contributed by atoms with Crippen LogP contribution >= 0.6 is 11.3 Å². The van der Waals surface area contributed by atoms with E-state index in [0.29, 0.717) is 17.5 Å². The smallest absolute Gasteiger partial charge is 0.165 e. The van der Waals surface area contributed by atoms with E-state index in [4.69, 9.17) is 19.4 Å². The van der Waals surface area contributed by atoms with Crippen LogP contribution in [0.4, 0.5) is 0 Å². The van der Waals surface area contributed by atoms with Crippen LogP contribution in [0.15, 0.2) is 168 Å². The molecule has 0 radical (unpaired) electrons. The molecule has 0 aliphatic heterocycles. The molecule has 0 atom stereocenters. The molecule has 0 bridgehead atoms. The van der Waals surface area contributed by atoms with Crippen molar-refractivity contribution < 1.29 is 4.42 Å². The molecule has 0 amide bonds. The fourth-order valence-corrected chi connectivity index (χ4v) is 8.08. The van der Waals surface area contributed by atoms with Crippen molar-refractivity contribution in [2.45, 2.75) is 0 Å². The Kier molecular flexibility index (Phi) is 6.64. The number of furan rings is 1. The molecule has 10 aromatic rings.